The zero-order valence-electron chi connectivity index (χ0n) is 17.4. The summed E-state index contributed by atoms with van der Waals surface area (Å²) in [6.45, 7) is 1.03. The minimum absolute atomic E-state index is 0.0248. The van der Waals surface area contributed by atoms with Crippen LogP contribution < -0.4 is 14.8 Å². The minimum Gasteiger partial charge on any atom is -0.493 e. The molecule has 33 heavy (non-hydrogen) atoms. The van der Waals surface area contributed by atoms with Crippen LogP contribution in [0.1, 0.15) is 12.0 Å². The number of alkyl halides is 3. The first-order chi connectivity index (χ1) is 15.8. The van der Waals surface area contributed by atoms with Gasteiger partial charge in [-0.1, -0.05) is 11.6 Å². The third-order valence-corrected chi connectivity index (χ3v) is 6.00. The van der Waals surface area contributed by atoms with E-state index in [1.807, 2.05) is 0 Å². The second-order valence-electron chi connectivity index (χ2n) is 7.71. The Hall–Kier alpha value is -2.82. The molecule has 0 spiro atoms. The highest BCUT2D eigenvalue weighted by Gasteiger charge is 2.43. The van der Waals surface area contributed by atoms with Crippen molar-refractivity contribution in [3.63, 3.8) is 0 Å². The van der Waals surface area contributed by atoms with Gasteiger partial charge < -0.3 is 24.3 Å². The molecule has 2 aliphatic heterocycles. The van der Waals surface area contributed by atoms with Crippen molar-refractivity contribution in [3.05, 3.63) is 47.2 Å². The number of anilines is 2. The lowest BCUT2D eigenvalue weighted by atomic mass is 10.1. The molecular weight excluding hydrogens is 463 g/mol. The Labute approximate surface area is 191 Å². The predicted octanol–water partition coefficient (Wildman–Crippen LogP) is 4.99. The van der Waals surface area contributed by atoms with Gasteiger partial charge in [0.2, 0.25) is 0 Å². The van der Waals surface area contributed by atoms with Gasteiger partial charge in [-0.15, -0.1) is 0 Å². The fraction of sp³-hybridized carbons (Fsp3) is 0.364. The lowest BCUT2D eigenvalue weighted by Gasteiger charge is -2.20. The number of nitrogens with one attached hydrogen (secondary N) is 1. The Balaban J connectivity index is 1.48. The number of benzene rings is 2. The molecule has 1 aromatic heterocycles. The molecule has 3 heterocycles. The van der Waals surface area contributed by atoms with E-state index in [0.29, 0.717) is 35.6 Å². The van der Waals surface area contributed by atoms with Crippen LogP contribution in [0, 0.1) is 0 Å². The van der Waals surface area contributed by atoms with Gasteiger partial charge in [0.1, 0.15) is 18.2 Å². The van der Waals surface area contributed by atoms with Gasteiger partial charge in [0.15, 0.2) is 17.6 Å². The van der Waals surface area contributed by atoms with Crippen LogP contribution in [-0.4, -0.2) is 48.6 Å². The SMILES string of the molecule is COc1cc2c(Nc3cc(C(F)(F)F)ccc3Cl)ncnc2cc1O[C@@H]1COC2CCOC21. The first-order valence-corrected chi connectivity index (χ1v) is 10.6. The van der Waals surface area contributed by atoms with Crippen molar-refractivity contribution >= 4 is 34.0 Å². The predicted molar refractivity (Wildman–Crippen MR) is 114 cm³/mol. The summed E-state index contributed by atoms with van der Waals surface area (Å²) >= 11 is 6.13. The molecule has 3 atom stereocenters. The molecule has 11 heteroatoms. The normalized spacial score (nSPS) is 22.4. The standard InChI is InChI=1S/C22H19ClF3N3O4/c1-30-17-7-12-14(8-18(17)33-19-9-32-16-4-5-31-20(16)19)27-10-28-21(12)29-15-6-11(22(24,25)26)2-3-13(15)23/h2-3,6-8,10,16,19-20H,4-5,9H2,1H3,(H,27,28,29)/t16?,19-,20?/m1/s1. The molecule has 2 unspecified atom stereocenters. The number of halogens is 4. The van der Waals surface area contributed by atoms with Crippen molar-refractivity contribution in [2.45, 2.75) is 30.9 Å². The van der Waals surface area contributed by atoms with E-state index < -0.39 is 11.7 Å². The van der Waals surface area contributed by atoms with Crippen LogP contribution in [0.4, 0.5) is 24.7 Å². The average Bonchev–Trinajstić information content (AvgIpc) is 3.39. The number of nitrogens with zero attached hydrogens (tertiary/aromatic N) is 2. The van der Waals surface area contributed by atoms with Gasteiger partial charge in [-0.2, -0.15) is 13.2 Å². The molecule has 0 saturated carbocycles. The highest BCUT2D eigenvalue weighted by atomic mass is 35.5. The van der Waals surface area contributed by atoms with Gasteiger partial charge in [0.25, 0.3) is 0 Å². The van der Waals surface area contributed by atoms with E-state index in [1.54, 1.807) is 12.1 Å². The number of aromatic nitrogens is 2. The molecule has 1 N–H and O–H groups in total. The van der Waals surface area contributed by atoms with E-state index in [9.17, 15) is 13.2 Å². The molecule has 5 rings (SSSR count). The van der Waals surface area contributed by atoms with E-state index in [-0.39, 0.29) is 34.8 Å². The maximum Gasteiger partial charge on any atom is 0.416 e. The van der Waals surface area contributed by atoms with E-state index in [2.05, 4.69) is 15.3 Å². The Bertz CT molecular complexity index is 1190. The molecule has 2 fully saturated rings. The summed E-state index contributed by atoms with van der Waals surface area (Å²) in [5.74, 6) is 1.14. The molecule has 174 valence electrons. The number of hydrogen-bond acceptors (Lipinski definition) is 7. The zero-order chi connectivity index (χ0) is 23.2. The van der Waals surface area contributed by atoms with Gasteiger partial charge >= 0.3 is 6.18 Å². The van der Waals surface area contributed by atoms with Gasteiger partial charge in [-0.3, -0.25) is 0 Å². The van der Waals surface area contributed by atoms with Gasteiger partial charge in [-0.25, -0.2) is 9.97 Å². The maximum atomic E-state index is 13.1. The smallest absolute Gasteiger partial charge is 0.416 e. The van der Waals surface area contributed by atoms with E-state index >= 15 is 0 Å². The summed E-state index contributed by atoms with van der Waals surface area (Å²) in [5.41, 5.74) is -0.250. The van der Waals surface area contributed by atoms with Crippen molar-refractivity contribution in [1.29, 1.82) is 0 Å². The Morgan fingerprint density at radius 2 is 1.97 bits per heavy atom. The Kier molecular flexibility index (Phi) is 5.67. The fourth-order valence-corrected chi connectivity index (χ4v) is 4.20. The number of fused-ring (bicyclic) bond motifs is 2. The minimum atomic E-state index is -4.50. The highest BCUT2D eigenvalue weighted by molar-refractivity contribution is 6.33. The summed E-state index contributed by atoms with van der Waals surface area (Å²) < 4.78 is 62.5. The molecule has 2 saturated heterocycles. The number of hydrogen-bond donors (Lipinski definition) is 1. The van der Waals surface area contributed by atoms with Gasteiger partial charge in [-0.05, 0) is 30.7 Å². The lowest BCUT2D eigenvalue weighted by molar-refractivity contribution is -0.137. The van der Waals surface area contributed by atoms with Crippen LogP contribution >= 0.6 is 11.6 Å². The first-order valence-electron chi connectivity index (χ1n) is 10.2. The van der Waals surface area contributed by atoms with Crippen molar-refractivity contribution in [1.82, 2.24) is 9.97 Å². The Morgan fingerprint density at radius 3 is 2.76 bits per heavy atom. The van der Waals surface area contributed by atoms with Crippen molar-refractivity contribution in [3.8, 4) is 11.5 Å². The summed E-state index contributed by atoms with van der Waals surface area (Å²) in [5, 5.41) is 3.52. The highest BCUT2D eigenvalue weighted by Crippen LogP contribution is 2.39. The molecule has 2 aliphatic rings. The molecule has 0 bridgehead atoms. The molecular formula is C22H19ClF3N3O4. The molecule has 2 aromatic carbocycles. The van der Waals surface area contributed by atoms with Crippen LogP contribution in [0.25, 0.3) is 10.9 Å². The molecule has 0 radical (unpaired) electrons. The van der Waals surface area contributed by atoms with Crippen LogP contribution in [-0.2, 0) is 15.7 Å². The lowest BCUT2D eigenvalue weighted by Crippen LogP contribution is -2.32. The van der Waals surface area contributed by atoms with Crippen LogP contribution in [0.5, 0.6) is 11.5 Å². The molecule has 7 nitrogen and oxygen atoms in total. The quantitative estimate of drug-likeness (QED) is 0.550. The molecule has 3 aromatic rings. The van der Waals surface area contributed by atoms with Crippen molar-refractivity contribution in [2.24, 2.45) is 0 Å². The topological polar surface area (TPSA) is 74.7 Å². The fourth-order valence-electron chi connectivity index (χ4n) is 4.03. The summed E-state index contributed by atoms with van der Waals surface area (Å²) in [6.07, 6.45) is -2.77. The third kappa shape index (κ3) is 4.25. The van der Waals surface area contributed by atoms with Gasteiger partial charge in [0.05, 0.1) is 41.6 Å². The molecule has 0 amide bonds. The van der Waals surface area contributed by atoms with Gasteiger partial charge in [0, 0.05) is 18.1 Å². The van der Waals surface area contributed by atoms with Crippen LogP contribution in [0.15, 0.2) is 36.7 Å². The summed E-state index contributed by atoms with van der Waals surface area (Å²) in [4.78, 5) is 8.47. The Morgan fingerprint density at radius 1 is 1.12 bits per heavy atom. The summed E-state index contributed by atoms with van der Waals surface area (Å²) in [6, 6.07) is 6.39. The number of rotatable bonds is 5. The van der Waals surface area contributed by atoms with E-state index in [1.165, 1.54) is 19.5 Å². The third-order valence-electron chi connectivity index (χ3n) is 5.67. The van der Waals surface area contributed by atoms with Crippen LogP contribution in [0.2, 0.25) is 5.02 Å². The molecule has 0 aliphatic carbocycles. The largest absolute Gasteiger partial charge is 0.493 e. The van der Waals surface area contributed by atoms with Crippen molar-refractivity contribution < 1.29 is 32.1 Å². The summed E-state index contributed by atoms with van der Waals surface area (Å²) in [7, 11) is 1.49. The van der Waals surface area contributed by atoms with Crippen LogP contribution in [0.3, 0.4) is 0 Å². The first kappa shape index (κ1) is 22.0. The second kappa shape index (κ2) is 8.51. The zero-order valence-corrected chi connectivity index (χ0v) is 18.1. The number of methoxy groups -OCH3 is 1. The maximum absolute atomic E-state index is 13.1. The monoisotopic (exact) mass is 481 g/mol. The number of ether oxygens (including phenoxy) is 4. The van der Waals surface area contributed by atoms with Crippen molar-refractivity contribution in [2.75, 3.05) is 25.6 Å². The van der Waals surface area contributed by atoms with E-state index in [0.717, 1.165) is 18.6 Å². The second-order valence-corrected chi connectivity index (χ2v) is 8.12. The average molecular weight is 482 g/mol. The van der Waals surface area contributed by atoms with E-state index in [4.69, 9.17) is 30.5 Å².